The zero-order chi connectivity index (χ0) is 11.5. The Bertz CT molecular complexity index is 425. The molecule has 0 saturated heterocycles. The summed E-state index contributed by atoms with van der Waals surface area (Å²) in [7, 11) is 0. The molecule has 2 heteroatoms. The summed E-state index contributed by atoms with van der Waals surface area (Å²) in [6.07, 6.45) is 11.8. The monoisotopic (exact) mass is 228 g/mol. The van der Waals surface area contributed by atoms with Crippen LogP contribution in [0.2, 0.25) is 0 Å². The molecule has 1 aromatic rings. The Morgan fingerprint density at radius 1 is 1.06 bits per heavy atom. The minimum atomic E-state index is 0.146. The molecule has 4 fully saturated rings. The van der Waals surface area contributed by atoms with Crippen molar-refractivity contribution in [3.05, 3.63) is 30.1 Å². The van der Waals surface area contributed by atoms with Gasteiger partial charge in [0.2, 0.25) is 0 Å². The fourth-order valence-electron chi connectivity index (χ4n) is 5.38. The lowest BCUT2D eigenvalue weighted by Gasteiger charge is -2.61. The standard InChI is InChI=1S/C15H20N2/c16-15-8-11-5-12(9-15)7-14(6-11,10-15)13-1-3-17-4-2-13/h1-4,11-12H,5-10,16H2. The number of hydrogen-bond donors (Lipinski definition) is 1. The molecule has 2 unspecified atom stereocenters. The van der Waals surface area contributed by atoms with Gasteiger partial charge in [-0.2, -0.15) is 0 Å². The molecule has 0 aromatic carbocycles. The van der Waals surface area contributed by atoms with Crippen LogP contribution in [-0.4, -0.2) is 10.5 Å². The van der Waals surface area contributed by atoms with Crippen LogP contribution >= 0.6 is 0 Å². The fourth-order valence-corrected chi connectivity index (χ4v) is 5.38. The first-order valence-corrected chi connectivity index (χ1v) is 6.87. The van der Waals surface area contributed by atoms with E-state index >= 15 is 0 Å². The third kappa shape index (κ3) is 1.40. The highest BCUT2D eigenvalue weighted by Crippen LogP contribution is 2.61. The molecule has 5 rings (SSSR count). The van der Waals surface area contributed by atoms with Gasteiger partial charge in [-0.3, -0.25) is 4.98 Å². The quantitative estimate of drug-likeness (QED) is 0.802. The topological polar surface area (TPSA) is 38.9 Å². The van der Waals surface area contributed by atoms with E-state index in [0.29, 0.717) is 5.41 Å². The van der Waals surface area contributed by atoms with Crippen LogP contribution in [0.15, 0.2) is 24.5 Å². The van der Waals surface area contributed by atoms with Gasteiger partial charge in [-0.25, -0.2) is 0 Å². The van der Waals surface area contributed by atoms with Gasteiger partial charge in [-0.1, -0.05) is 0 Å². The molecule has 2 nitrogen and oxygen atoms in total. The van der Waals surface area contributed by atoms with Gasteiger partial charge in [-0.05, 0) is 73.5 Å². The van der Waals surface area contributed by atoms with Crippen molar-refractivity contribution in [3.8, 4) is 0 Å². The first-order valence-electron chi connectivity index (χ1n) is 6.87. The van der Waals surface area contributed by atoms with E-state index in [-0.39, 0.29) is 5.54 Å². The van der Waals surface area contributed by atoms with Crippen LogP contribution in [0.3, 0.4) is 0 Å². The van der Waals surface area contributed by atoms with E-state index in [1.165, 1.54) is 44.1 Å². The summed E-state index contributed by atoms with van der Waals surface area (Å²) < 4.78 is 0. The summed E-state index contributed by atoms with van der Waals surface area (Å²) in [4.78, 5) is 4.16. The van der Waals surface area contributed by atoms with Gasteiger partial charge in [0.1, 0.15) is 0 Å². The Morgan fingerprint density at radius 2 is 1.71 bits per heavy atom. The van der Waals surface area contributed by atoms with E-state index in [1.54, 1.807) is 0 Å². The second kappa shape index (κ2) is 3.11. The highest BCUT2D eigenvalue weighted by atomic mass is 14.8. The smallest absolute Gasteiger partial charge is 0.0270 e. The van der Waals surface area contributed by atoms with Crippen LogP contribution in [0, 0.1) is 11.8 Å². The van der Waals surface area contributed by atoms with Gasteiger partial charge in [-0.15, -0.1) is 0 Å². The largest absolute Gasteiger partial charge is 0.325 e. The molecule has 0 amide bonds. The van der Waals surface area contributed by atoms with E-state index in [2.05, 4.69) is 17.1 Å². The number of pyridine rings is 1. The Kier molecular flexibility index (Phi) is 1.84. The van der Waals surface area contributed by atoms with E-state index < -0.39 is 0 Å². The third-order valence-electron chi connectivity index (χ3n) is 5.40. The molecule has 1 aromatic heterocycles. The summed E-state index contributed by atoms with van der Waals surface area (Å²) in [5.74, 6) is 1.77. The van der Waals surface area contributed by atoms with Gasteiger partial charge in [0.15, 0.2) is 0 Å². The average molecular weight is 228 g/mol. The number of nitrogens with two attached hydrogens (primary N) is 1. The van der Waals surface area contributed by atoms with E-state index in [0.717, 1.165) is 11.8 Å². The first kappa shape index (κ1) is 10.1. The predicted molar refractivity (Wildman–Crippen MR) is 67.5 cm³/mol. The molecular formula is C15H20N2. The van der Waals surface area contributed by atoms with Crippen molar-refractivity contribution in [1.29, 1.82) is 0 Å². The molecule has 90 valence electrons. The summed E-state index contributed by atoms with van der Waals surface area (Å²) in [5.41, 5.74) is 8.66. The Balaban J connectivity index is 1.79. The van der Waals surface area contributed by atoms with E-state index in [1.807, 2.05) is 12.4 Å². The van der Waals surface area contributed by atoms with Crippen molar-refractivity contribution in [2.45, 2.75) is 49.5 Å². The molecular weight excluding hydrogens is 208 g/mol. The lowest BCUT2D eigenvalue weighted by molar-refractivity contribution is -0.0227. The molecule has 4 saturated carbocycles. The van der Waals surface area contributed by atoms with Gasteiger partial charge in [0.25, 0.3) is 0 Å². The lowest BCUT2D eigenvalue weighted by atomic mass is 9.46. The molecule has 17 heavy (non-hydrogen) atoms. The zero-order valence-electron chi connectivity index (χ0n) is 10.2. The highest BCUT2D eigenvalue weighted by molar-refractivity contribution is 5.29. The van der Waals surface area contributed by atoms with Gasteiger partial charge in [0.05, 0.1) is 0 Å². The zero-order valence-corrected chi connectivity index (χ0v) is 10.2. The Morgan fingerprint density at radius 3 is 2.29 bits per heavy atom. The van der Waals surface area contributed by atoms with Crippen molar-refractivity contribution >= 4 is 0 Å². The Labute approximate surface area is 103 Å². The maximum Gasteiger partial charge on any atom is 0.0270 e. The van der Waals surface area contributed by atoms with Crippen molar-refractivity contribution in [3.63, 3.8) is 0 Å². The van der Waals surface area contributed by atoms with Crippen LogP contribution in [0.4, 0.5) is 0 Å². The normalized spacial score (nSPS) is 47.4. The van der Waals surface area contributed by atoms with Gasteiger partial charge < -0.3 is 5.73 Å². The van der Waals surface area contributed by atoms with Crippen LogP contribution in [0.5, 0.6) is 0 Å². The molecule has 4 bridgehead atoms. The predicted octanol–water partition coefficient (Wildman–Crippen LogP) is 2.63. The van der Waals surface area contributed by atoms with Crippen LogP contribution < -0.4 is 5.73 Å². The maximum atomic E-state index is 6.63. The second-order valence-corrected chi connectivity index (χ2v) is 6.84. The summed E-state index contributed by atoms with van der Waals surface area (Å²) >= 11 is 0. The van der Waals surface area contributed by atoms with Crippen LogP contribution in [0.25, 0.3) is 0 Å². The molecule has 0 spiro atoms. The molecule has 4 aliphatic carbocycles. The van der Waals surface area contributed by atoms with Crippen molar-refractivity contribution in [1.82, 2.24) is 4.98 Å². The second-order valence-electron chi connectivity index (χ2n) is 6.84. The number of aromatic nitrogens is 1. The maximum absolute atomic E-state index is 6.63. The Hall–Kier alpha value is -0.890. The highest BCUT2D eigenvalue weighted by Gasteiger charge is 2.56. The van der Waals surface area contributed by atoms with Crippen LogP contribution in [-0.2, 0) is 5.41 Å². The van der Waals surface area contributed by atoms with Crippen molar-refractivity contribution < 1.29 is 0 Å². The van der Waals surface area contributed by atoms with Crippen molar-refractivity contribution in [2.75, 3.05) is 0 Å². The average Bonchev–Trinajstić information content (AvgIpc) is 2.27. The van der Waals surface area contributed by atoms with Crippen LogP contribution in [0.1, 0.15) is 44.1 Å². The molecule has 2 atom stereocenters. The molecule has 2 N–H and O–H groups in total. The van der Waals surface area contributed by atoms with Crippen molar-refractivity contribution in [2.24, 2.45) is 17.6 Å². The number of nitrogens with zero attached hydrogens (tertiary/aromatic N) is 1. The number of hydrogen-bond acceptors (Lipinski definition) is 2. The van der Waals surface area contributed by atoms with E-state index in [4.69, 9.17) is 5.73 Å². The summed E-state index contributed by atoms with van der Waals surface area (Å²) in [5, 5.41) is 0. The fraction of sp³-hybridized carbons (Fsp3) is 0.667. The van der Waals surface area contributed by atoms with Gasteiger partial charge in [0, 0.05) is 17.9 Å². The third-order valence-corrected chi connectivity index (χ3v) is 5.40. The molecule has 1 heterocycles. The molecule has 4 aliphatic rings. The van der Waals surface area contributed by atoms with E-state index in [9.17, 15) is 0 Å². The first-order chi connectivity index (χ1) is 8.18. The number of rotatable bonds is 1. The molecule has 0 radical (unpaired) electrons. The van der Waals surface area contributed by atoms with Gasteiger partial charge >= 0.3 is 0 Å². The molecule has 0 aliphatic heterocycles. The minimum absolute atomic E-state index is 0.146. The SMILES string of the molecule is NC12CC3CC(C1)CC(c1ccncc1)(C3)C2. The minimum Gasteiger partial charge on any atom is -0.325 e. The summed E-state index contributed by atoms with van der Waals surface area (Å²) in [6, 6.07) is 4.44. The lowest BCUT2D eigenvalue weighted by Crippen LogP contribution is -2.61. The summed E-state index contributed by atoms with van der Waals surface area (Å²) in [6.45, 7) is 0.